The maximum Gasteiger partial charge on any atom is 2.00 e. The van der Waals surface area contributed by atoms with Gasteiger partial charge in [0.25, 0.3) is 0 Å². The summed E-state index contributed by atoms with van der Waals surface area (Å²) in [6.45, 7) is 0. The largest absolute Gasteiger partial charge is 2.00 e. The second-order valence-electron chi connectivity index (χ2n) is 1.34. The van der Waals surface area contributed by atoms with Gasteiger partial charge in [-0.2, -0.15) is 0 Å². The summed E-state index contributed by atoms with van der Waals surface area (Å²) in [4.78, 5) is 49.5. The van der Waals surface area contributed by atoms with E-state index in [-0.39, 0.29) is 49.5 Å². The Hall–Kier alpha value is -3.32. The Kier molecular flexibility index (Phi) is 104. The summed E-state index contributed by atoms with van der Waals surface area (Å²) in [7, 11) is 0. The number of rotatable bonds is 0. The van der Waals surface area contributed by atoms with Crippen molar-refractivity contribution in [2.75, 3.05) is 0 Å². The van der Waals surface area contributed by atoms with Crippen LogP contribution in [-0.4, -0.2) is 30.5 Å². The van der Waals surface area contributed by atoms with E-state index in [1.54, 1.807) is 0 Å². The van der Waals surface area contributed by atoms with Gasteiger partial charge >= 0.3 is 49.5 Å². The Morgan fingerprint density at radius 3 is 0.259 bits per heavy atom. The molecule has 0 saturated carbocycles. The van der Waals surface area contributed by atoms with E-state index in [4.69, 9.17) is 91.9 Å². The van der Waals surface area contributed by atoms with Crippen LogP contribution < -0.4 is 0 Å². The molecule has 0 spiro atoms. The minimum absolute atomic E-state index is 0. The van der Waals surface area contributed by atoms with Crippen molar-refractivity contribution in [3.05, 3.63) is 91.9 Å². The average molecular weight is 548 g/mol. The van der Waals surface area contributed by atoms with Gasteiger partial charge in [-0.15, -0.1) is 0 Å². The summed E-state index contributed by atoms with van der Waals surface area (Å²) < 4.78 is 0. The van der Waals surface area contributed by atoms with Crippen LogP contribution in [-0.2, 0) is 49.5 Å². The molecule has 0 bridgehead atoms. The average Bonchev–Trinajstić information content (AvgIpc) is 2.08. The Morgan fingerprint density at radius 2 is 0.259 bits per heavy atom. The first-order valence-electron chi connectivity index (χ1n) is 3.29. The topological polar surface area (TPSA) is 397 Å². The fourth-order valence-electron chi connectivity index (χ4n) is 0. The molecule has 0 amide bonds. The smallest absolute Gasteiger partial charge is 0.356 e. The van der Waals surface area contributed by atoms with Gasteiger partial charge in [0.2, 0.25) is 0 Å². The van der Waals surface area contributed by atoms with E-state index >= 15 is 0 Å². The normalized spacial score (nSPS) is 5.33. The zero-order valence-electron chi connectivity index (χ0n) is 11.0. The molecule has 27 heavy (non-hydrogen) atoms. The fraction of sp³-hybridized carbons (Fsp3) is 0. The van der Waals surface area contributed by atoms with Gasteiger partial charge < -0.3 is 91.9 Å². The Labute approximate surface area is 172 Å². The standard InChI is InChI=1S/6NO3.3Ni/c6*2-1(3)4;;;/q6*-1;3*+2. The maximum atomic E-state index is 8.25. The van der Waals surface area contributed by atoms with Crippen molar-refractivity contribution in [3.8, 4) is 0 Å². The summed E-state index contributed by atoms with van der Waals surface area (Å²) in [5.41, 5.74) is 0. The minimum atomic E-state index is -1.75. The molecule has 0 aromatic carbocycles. The molecular formula is N6Ni3O18. The monoisotopic (exact) mass is 546 g/mol. The van der Waals surface area contributed by atoms with Crippen molar-refractivity contribution in [3.63, 3.8) is 0 Å². The van der Waals surface area contributed by atoms with Gasteiger partial charge in [-0.25, -0.2) is 0 Å². The van der Waals surface area contributed by atoms with Crippen molar-refractivity contribution in [1.29, 1.82) is 0 Å². The third-order valence-corrected chi connectivity index (χ3v) is 0. The second-order valence-corrected chi connectivity index (χ2v) is 1.34. The molecule has 0 aromatic rings. The van der Waals surface area contributed by atoms with Gasteiger partial charge in [0.1, 0.15) is 0 Å². The Morgan fingerprint density at radius 1 is 0.259 bits per heavy atom. The third-order valence-electron chi connectivity index (χ3n) is 0. The molecular weight excluding hydrogens is 548 g/mol. The fourth-order valence-corrected chi connectivity index (χ4v) is 0. The zero-order chi connectivity index (χ0) is 21.5. The van der Waals surface area contributed by atoms with Crippen LogP contribution in [0.15, 0.2) is 0 Å². The maximum absolute atomic E-state index is 8.25. The molecule has 0 unspecified atom stereocenters. The molecule has 0 fully saturated rings. The first-order valence-corrected chi connectivity index (χ1v) is 3.29. The summed E-state index contributed by atoms with van der Waals surface area (Å²) in [5, 5.41) is 88.5. The van der Waals surface area contributed by atoms with E-state index in [0.29, 0.717) is 0 Å². The molecule has 0 aromatic heterocycles. The molecule has 0 saturated heterocycles. The van der Waals surface area contributed by atoms with Crippen LogP contribution in [0.25, 0.3) is 0 Å². The molecule has 168 valence electrons. The predicted octanol–water partition coefficient (Wildman–Crippen LogP) is -1.44. The minimum Gasteiger partial charge on any atom is -0.356 e. The molecule has 0 atom stereocenters. The van der Waals surface area contributed by atoms with Crippen molar-refractivity contribution >= 4 is 0 Å². The van der Waals surface area contributed by atoms with Gasteiger partial charge in [0.05, 0.1) is 30.5 Å². The van der Waals surface area contributed by atoms with E-state index in [2.05, 4.69) is 0 Å². The quantitative estimate of drug-likeness (QED) is 0.190. The molecule has 0 aliphatic carbocycles. The first-order chi connectivity index (χ1) is 10.4. The van der Waals surface area contributed by atoms with Gasteiger partial charge in [0, 0.05) is 0 Å². The van der Waals surface area contributed by atoms with Crippen molar-refractivity contribution in [2.45, 2.75) is 0 Å². The van der Waals surface area contributed by atoms with Gasteiger partial charge in [-0.3, -0.25) is 0 Å². The van der Waals surface area contributed by atoms with Gasteiger partial charge in [-0.05, 0) is 0 Å². The molecule has 0 aliphatic rings. The molecule has 0 aliphatic heterocycles. The Bertz CT molecular complexity index is 264. The molecule has 27 heteroatoms. The SMILES string of the molecule is O=[N+]([O-])[O-].O=[N+]([O-])[O-].O=[N+]([O-])[O-].O=[N+]([O-])[O-].O=[N+]([O-])[O-].O=[N+]([O-])[O-].[Ni+2].[Ni+2].[Ni+2]. The van der Waals surface area contributed by atoms with Crippen LogP contribution in [0.3, 0.4) is 0 Å². The van der Waals surface area contributed by atoms with Crippen LogP contribution in [0, 0.1) is 91.9 Å². The summed E-state index contributed by atoms with van der Waals surface area (Å²) in [5.74, 6) is 0. The van der Waals surface area contributed by atoms with Crippen LogP contribution in [0.5, 0.6) is 0 Å². The van der Waals surface area contributed by atoms with E-state index < -0.39 is 30.5 Å². The number of nitrogens with zero attached hydrogens (tertiary/aromatic N) is 6. The van der Waals surface area contributed by atoms with E-state index in [1.165, 1.54) is 0 Å². The number of hydrogen-bond acceptors (Lipinski definition) is 18. The molecule has 0 rings (SSSR count). The van der Waals surface area contributed by atoms with Crippen molar-refractivity contribution in [1.82, 2.24) is 0 Å². The van der Waals surface area contributed by atoms with Crippen LogP contribution >= 0.6 is 0 Å². The summed E-state index contributed by atoms with van der Waals surface area (Å²) in [6.07, 6.45) is 0. The van der Waals surface area contributed by atoms with Crippen LogP contribution in [0.1, 0.15) is 0 Å². The molecule has 0 heterocycles. The van der Waals surface area contributed by atoms with E-state index in [0.717, 1.165) is 0 Å². The predicted molar refractivity (Wildman–Crippen MR) is 62.2 cm³/mol. The Balaban J connectivity index is -0.0000000201. The van der Waals surface area contributed by atoms with Gasteiger partial charge in [-0.1, -0.05) is 0 Å². The second kappa shape index (κ2) is 49.5. The van der Waals surface area contributed by atoms with E-state index in [1.807, 2.05) is 0 Å². The zero-order valence-corrected chi connectivity index (χ0v) is 13.9. The summed E-state index contributed by atoms with van der Waals surface area (Å²) in [6, 6.07) is 0. The first kappa shape index (κ1) is 56.5. The number of hydrogen-bond donors (Lipinski definition) is 0. The van der Waals surface area contributed by atoms with Crippen LogP contribution in [0.2, 0.25) is 0 Å². The molecule has 0 radical (unpaired) electrons. The van der Waals surface area contributed by atoms with Crippen LogP contribution in [0.4, 0.5) is 0 Å². The van der Waals surface area contributed by atoms with Gasteiger partial charge in [0.15, 0.2) is 0 Å². The van der Waals surface area contributed by atoms with Crippen molar-refractivity contribution in [2.24, 2.45) is 0 Å². The third kappa shape index (κ3) is 880. The van der Waals surface area contributed by atoms with Crippen molar-refractivity contribution < 1.29 is 80.0 Å². The molecule has 24 nitrogen and oxygen atoms in total. The molecule has 0 N–H and O–H groups in total. The van der Waals surface area contributed by atoms with E-state index in [9.17, 15) is 0 Å². The summed E-state index contributed by atoms with van der Waals surface area (Å²) >= 11 is 0.